The van der Waals surface area contributed by atoms with Gasteiger partial charge in [0.15, 0.2) is 0 Å². The van der Waals surface area contributed by atoms with E-state index >= 15 is 0 Å². The van der Waals surface area contributed by atoms with Crippen LogP contribution >= 0.6 is 7.82 Å². The number of phosphoric ester groups is 1. The first kappa shape index (κ1) is 71.9. The van der Waals surface area contributed by atoms with Crippen LogP contribution in [0.5, 0.6) is 0 Å². The fraction of sp³-hybridized carbons (Fsp3) is 0.800. The summed E-state index contributed by atoms with van der Waals surface area (Å²) >= 11 is 0. The molecule has 9 heteroatoms. The Morgan fingerprint density at radius 2 is 0.824 bits per heavy atom. The zero-order valence-electron chi connectivity index (χ0n) is 49.3. The lowest BCUT2D eigenvalue weighted by Gasteiger charge is -2.25. The number of nitrogens with one attached hydrogen (secondary N) is 1. The minimum absolute atomic E-state index is 0.0560. The summed E-state index contributed by atoms with van der Waals surface area (Å²) in [5.74, 6) is -0.184. The molecular weight excluding hydrogens is 936 g/mol. The second kappa shape index (κ2) is 55.7. The van der Waals surface area contributed by atoms with Crippen LogP contribution in [0.1, 0.15) is 284 Å². The predicted octanol–water partition coefficient (Wildman–Crippen LogP) is 19.4. The first-order chi connectivity index (χ1) is 36.0. The molecule has 0 saturated heterocycles. The quantitative estimate of drug-likeness (QED) is 0.0243. The lowest BCUT2D eigenvalue weighted by molar-refractivity contribution is -0.870. The number of phosphoric acid groups is 1. The molecule has 8 nitrogen and oxygen atoms in total. The second-order valence-electron chi connectivity index (χ2n) is 22.4. The number of nitrogens with zero attached hydrogens (tertiary/aromatic N) is 1. The minimum atomic E-state index is -4.36. The number of hydrogen-bond donors (Lipinski definition) is 3. The normalized spacial score (nSPS) is 14.3. The molecule has 1 amide bonds. The van der Waals surface area contributed by atoms with E-state index in [4.69, 9.17) is 9.05 Å². The molecule has 0 rings (SSSR count). The number of hydrogen-bond acceptors (Lipinski definition) is 5. The maximum Gasteiger partial charge on any atom is 0.472 e. The van der Waals surface area contributed by atoms with Gasteiger partial charge in [0.1, 0.15) is 13.2 Å². The summed E-state index contributed by atoms with van der Waals surface area (Å²) in [6.45, 7) is 4.70. The maximum absolute atomic E-state index is 13.0. The molecule has 74 heavy (non-hydrogen) atoms. The highest BCUT2D eigenvalue weighted by Crippen LogP contribution is 2.43. The molecule has 0 aliphatic carbocycles. The van der Waals surface area contributed by atoms with Gasteiger partial charge in [-0.15, -0.1) is 0 Å². The lowest BCUT2D eigenvalue weighted by atomic mass is 10.0. The summed E-state index contributed by atoms with van der Waals surface area (Å²) in [4.78, 5) is 23.3. The first-order valence-corrected chi connectivity index (χ1v) is 32.8. The van der Waals surface area contributed by atoms with Crippen LogP contribution in [-0.2, 0) is 18.4 Å². The molecule has 0 aliphatic rings. The Morgan fingerprint density at radius 1 is 0.473 bits per heavy atom. The van der Waals surface area contributed by atoms with Crippen molar-refractivity contribution in [3.8, 4) is 0 Å². The third-order valence-electron chi connectivity index (χ3n) is 13.9. The lowest BCUT2D eigenvalue weighted by Crippen LogP contribution is -2.45. The molecule has 3 atom stereocenters. The number of carbonyl (C=O) groups excluding carboxylic acids is 1. The zero-order valence-corrected chi connectivity index (χ0v) is 50.2. The third kappa shape index (κ3) is 57.6. The number of allylic oxidation sites excluding steroid dienone is 11. The van der Waals surface area contributed by atoms with Gasteiger partial charge in [-0.2, -0.15) is 0 Å². The van der Waals surface area contributed by atoms with Crippen LogP contribution in [0.3, 0.4) is 0 Å². The summed E-state index contributed by atoms with van der Waals surface area (Å²) < 4.78 is 23.7. The van der Waals surface area contributed by atoms with Crippen LogP contribution in [-0.4, -0.2) is 73.4 Å². The van der Waals surface area contributed by atoms with E-state index in [9.17, 15) is 19.4 Å². The van der Waals surface area contributed by atoms with Gasteiger partial charge >= 0.3 is 7.82 Å². The molecule has 432 valence electrons. The van der Waals surface area contributed by atoms with E-state index in [2.05, 4.69) is 79.9 Å². The van der Waals surface area contributed by atoms with Crippen molar-refractivity contribution in [1.82, 2.24) is 5.32 Å². The van der Waals surface area contributed by atoms with E-state index in [0.717, 1.165) is 64.2 Å². The van der Waals surface area contributed by atoms with Crippen molar-refractivity contribution in [2.45, 2.75) is 296 Å². The van der Waals surface area contributed by atoms with E-state index in [0.29, 0.717) is 17.4 Å². The number of aliphatic hydroxyl groups is 1. The highest BCUT2D eigenvalue weighted by atomic mass is 31.2. The third-order valence-corrected chi connectivity index (χ3v) is 14.9. The predicted molar refractivity (Wildman–Crippen MR) is 323 cm³/mol. The van der Waals surface area contributed by atoms with Crippen LogP contribution in [0.15, 0.2) is 72.9 Å². The van der Waals surface area contributed by atoms with Crippen LogP contribution in [0.2, 0.25) is 0 Å². The van der Waals surface area contributed by atoms with E-state index in [1.54, 1.807) is 6.08 Å². The molecule has 0 heterocycles. The Bertz CT molecular complexity index is 1430. The number of likely N-dealkylation sites (N-methyl/N-ethyl adjacent to an activating group) is 1. The van der Waals surface area contributed by atoms with Gasteiger partial charge in [-0.25, -0.2) is 4.57 Å². The minimum Gasteiger partial charge on any atom is -0.387 e. The van der Waals surface area contributed by atoms with E-state index in [-0.39, 0.29) is 19.1 Å². The molecule has 0 aromatic rings. The Kier molecular flexibility index (Phi) is 54.1. The topological polar surface area (TPSA) is 105 Å². The Morgan fingerprint density at radius 3 is 1.24 bits per heavy atom. The van der Waals surface area contributed by atoms with Gasteiger partial charge in [-0.05, 0) is 70.6 Å². The molecule has 0 aromatic carbocycles. The first-order valence-electron chi connectivity index (χ1n) is 31.3. The zero-order chi connectivity index (χ0) is 54.2. The van der Waals surface area contributed by atoms with Crippen molar-refractivity contribution in [1.29, 1.82) is 0 Å². The van der Waals surface area contributed by atoms with Crippen molar-refractivity contribution in [3.05, 3.63) is 72.9 Å². The van der Waals surface area contributed by atoms with E-state index in [1.165, 1.54) is 199 Å². The van der Waals surface area contributed by atoms with Gasteiger partial charge in [0.2, 0.25) is 5.91 Å². The fourth-order valence-corrected chi connectivity index (χ4v) is 9.79. The molecule has 0 aromatic heterocycles. The average molecular weight is 1060 g/mol. The van der Waals surface area contributed by atoms with Crippen LogP contribution in [0.4, 0.5) is 0 Å². The van der Waals surface area contributed by atoms with Gasteiger partial charge in [0, 0.05) is 6.42 Å². The number of quaternary nitrogens is 1. The Labute approximate surface area is 459 Å². The van der Waals surface area contributed by atoms with Crippen molar-refractivity contribution >= 4 is 13.7 Å². The highest BCUT2D eigenvalue weighted by molar-refractivity contribution is 7.47. The molecule has 3 N–H and O–H groups in total. The molecule has 0 spiro atoms. The number of aliphatic hydroxyl groups excluding tert-OH is 1. The fourth-order valence-electron chi connectivity index (χ4n) is 9.05. The summed E-state index contributed by atoms with van der Waals surface area (Å²) in [5.41, 5.74) is 0. The largest absolute Gasteiger partial charge is 0.472 e. The van der Waals surface area contributed by atoms with Gasteiger partial charge in [0.25, 0.3) is 0 Å². The standard InChI is InChI=1S/C65H121N2O6P/c1-6-8-10-12-14-16-18-20-22-24-25-26-27-28-29-30-31-32-33-34-35-36-37-38-39-40-41-43-45-47-49-51-53-55-57-59-65(69)66-63(62-73-74(70,71)72-61-60-67(3,4)5)64(68)58-56-54-52-50-48-46-44-42-23-21-19-17-15-13-11-9-7-2/h8,10,14,16,20,22,25-26,48,50,56,58,63-64,68H,6-7,9,11-13,15,17-19,21,23-24,27-47,49,51-55,57,59-62H2,1-5H3,(H-,66,69,70,71)/p+1/b10-8-,16-14-,22-20-,26-25-,50-48+,58-56+. The van der Waals surface area contributed by atoms with Crippen LogP contribution < -0.4 is 5.32 Å². The van der Waals surface area contributed by atoms with Crippen molar-refractivity contribution < 1.29 is 32.9 Å². The van der Waals surface area contributed by atoms with E-state index in [1.807, 2.05) is 27.2 Å². The molecule has 0 aliphatic heterocycles. The van der Waals surface area contributed by atoms with Gasteiger partial charge in [0.05, 0.1) is 39.9 Å². The van der Waals surface area contributed by atoms with Crippen molar-refractivity contribution in [2.24, 2.45) is 0 Å². The summed E-state index contributed by atoms with van der Waals surface area (Å²) in [6, 6.07) is -0.864. The summed E-state index contributed by atoms with van der Waals surface area (Å²) in [7, 11) is 1.56. The molecule has 0 saturated carbocycles. The second-order valence-corrected chi connectivity index (χ2v) is 23.8. The monoisotopic (exact) mass is 1060 g/mol. The van der Waals surface area contributed by atoms with Crippen molar-refractivity contribution in [2.75, 3.05) is 40.9 Å². The van der Waals surface area contributed by atoms with Gasteiger partial charge in [-0.3, -0.25) is 13.8 Å². The molecular formula is C65H122N2O6P+. The Balaban J connectivity index is 4.03. The number of rotatable bonds is 57. The Hall–Kier alpha value is -2.06. The molecule has 3 unspecified atom stereocenters. The van der Waals surface area contributed by atoms with E-state index < -0.39 is 20.0 Å². The summed E-state index contributed by atoms with van der Waals surface area (Å²) in [6.07, 6.45) is 77.5. The number of unbranched alkanes of at least 4 members (excludes halogenated alkanes) is 34. The number of amides is 1. The maximum atomic E-state index is 13.0. The van der Waals surface area contributed by atoms with Crippen LogP contribution in [0.25, 0.3) is 0 Å². The van der Waals surface area contributed by atoms with Gasteiger partial charge in [-0.1, -0.05) is 279 Å². The van der Waals surface area contributed by atoms with Crippen molar-refractivity contribution in [3.63, 3.8) is 0 Å². The molecule has 0 radical (unpaired) electrons. The number of carbonyl (C=O) groups is 1. The van der Waals surface area contributed by atoms with Gasteiger partial charge < -0.3 is 19.8 Å². The SMILES string of the molecule is CC/C=C\C/C=C\C/C=C\C/C=C\CCCCCCCCCCCCCCCCCCCCCCCCC(=O)NC(COP(=O)(O)OCC[N+](C)(C)C)C(O)/C=C/CC/C=C/CCCCCCCCCCCCC. The average Bonchev–Trinajstić information content (AvgIpc) is 3.36. The summed E-state index contributed by atoms with van der Waals surface area (Å²) in [5, 5.41) is 13.9. The van der Waals surface area contributed by atoms with Crippen LogP contribution in [0, 0.1) is 0 Å². The highest BCUT2D eigenvalue weighted by Gasteiger charge is 2.27. The smallest absolute Gasteiger partial charge is 0.387 e. The molecule has 0 bridgehead atoms. The molecule has 0 fully saturated rings.